The first-order valence-corrected chi connectivity index (χ1v) is 6.42. The number of carbonyl (C=O) groups is 1. The van der Waals surface area contributed by atoms with Crippen LogP contribution in [0.2, 0.25) is 0 Å². The Hall–Kier alpha value is -1.92. The van der Waals surface area contributed by atoms with E-state index in [1.807, 2.05) is 18.7 Å². The van der Waals surface area contributed by atoms with Crippen molar-refractivity contribution >= 4 is 17.3 Å². The fourth-order valence-electron chi connectivity index (χ4n) is 2.36. The van der Waals surface area contributed by atoms with Gasteiger partial charge in [0.1, 0.15) is 11.5 Å². The van der Waals surface area contributed by atoms with Gasteiger partial charge in [-0.1, -0.05) is 0 Å². The molecule has 2 heterocycles. The summed E-state index contributed by atoms with van der Waals surface area (Å²) in [7, 11) is 0. The highest BCUT2D eigenvalue weighted by Crippen LogP contribution is 2.34. The number of piperidine rings is 1. The lowest BCUT2D eigenvalue weighted by molar-refractivity contribution is -0.384. The zero-order chi connectivity index (χ0) is 14.2. The Morgan fingerprint density at radius 3 is 2.37 bits per heavy atom. The highest BCUT2D eigenvalue weighted by molar-refractivity contribution is 5.81. The SMILES string of the molecule is Cc1nn(C(C)C)c(N2CCC(=O)CC2)c1[N+](=O)[O-]. The third-order valence-electron chi connectivity index (χ3n) is 3.32. The number of nitro groups is 1. The minimum Gasteiger partial charge on any atom is -0.350 e. The molecule has 1 aliphatic rings. The molecule has 0 aliphatic carbocycles. The molecule has 0 unspecified atom stereocenters. The standard InChI is InChI=1S/C12H18N4O3/c1-8(2)15-12(11(16(18)19)9(3)13-15)14-6-4-10(17)5-7-14/h8H,4-7H2,1-3H3. The fourth-order valence-corrected chi connectivity index (χ4v) is 2.36. The van der Waals surface area contributed by atoms with Gasteiger partial charge in [0.15, 0.2) is 0 Å². The van der Waals surface area contributed by atoms with Crippen molar-refractivity contribution in [2.45, 2.75) is 39.7 Å². The molecule has 0 atom stereocenters. The second-order valence-electron chi connectivity index (χ2n) is 5.08. The number of anilines is 1. The van der Waals surface area contributed by atoms with Crippen molar-refractivity contribution in [1.82, 2.24) is 9.78 Å². The van der Waals surface area contributed by atoms with Crippen LogP contribution in [-0.4, -0.2) is 33.6 Å². The second kappa shape index (κ2) is 4.99. The second-order valence-corrected chi connectivity index (χ2v) is 5.08. The van der Waals surface area contributed by atoms with Crippen LogP contribution in [0.1, 0.15) is 38.4 Å². The average molecular weight is 266 g/mol. The first-order valence-electron chi connectivity index (χ1n) is 6.42. The van der Waals surface area contributed by atoms with E-state index in [2.05, 4.69) is 5.10 Å². The Labute approximate surface area is 111 Å². The van der Waals surface area contributed by atoms with Crippen molar-refractivity contribution in [3.8, 4) is 0 Å². The number of hydrogen-bond acceptors (Lipinski definition) is 5. The minimum absolute atomic E-state index is 0.0417. The van der Waals surface area contributed by atoms with Gasteiger partial charge in [-0.15, -0.1) is 0 Å². The Morgan fingerprint density at radius 1 is 1.32 bits per heavy atom. The first kappa shape index (κ1) is 13.5. The van der Waals surface area contributed by atoms with E-state index in [4.69, 9.17) is 0 Å². The van der Waals surface area contributed by atoms with E-state index in [-0.39, 0.29) is 22.4 Å². The largest absolute Gasteiger partial charge is 0.350 e. The number of hydrogen-bond donors (Lipinski definition) is 0. The number of aromatic nitrogens is 2. The quantitative estimate of drug-likeness (QED) is 0.616. The van der Waals surface area contributed by atoms with E-state index >= 15 is 0 Å². The molecular formula is C12H18N4O3. The molecule has 0 spiro atoms. The third kappa shape index (κ3) is 2.45. The smallest absolute Gasteiger partial charge is 0.333 e. The lowest BCUT2D eigenvalue weighted by atomic mass is 10.1. The van der Waals surface area contributed by atoms with Gasteiger partial charge in [0, 0.05) is 32.0 Å². The molecule has 0 bridgehead atoms. The highest BCUT2D eigenvalue weighted by atomic mass is 16.6. The lowest BCUT2D eigenvalue weighted by Gasteiger charge is -2.28. The van der Waals surface area contributed by atoms with Crippen LogP contribution >= 0.6 is 0 Å². The van der Waals surface area contributed by atoms with Crippen LogP contribution in [-0.2, 0) is 4.79 Å². The van der Waals surface area contributed by atoms with E-state index in [9.17, 15) is 14.9 Å². The molecule has 19 heavy (non-hydrogen) atoms. The van der Waals surface area contributed by atoms with Crippen LogP contribution in [0, 0.1) is 17.0 Å². The van der Waals surface area contributed by atoms with Crippen molar-refractivity contribution in [3.05, 3.63) is 15.8 Å². The molecule has 1 aliphatic heterocycles. The Morgan fingerprint density at radius 2 is 1.89 bits per heavy atom. The van der Waals surface area contributed by atoms with E-state index < -0.39 is 0 Å². The summed E-state index contributed by atoms with van der Waals surface area (Å²) in [5, 5.41) is 15.5. The lowest BCUT2D eigenvalue weighted by Crippen LogP contribution is -2.35. The van der Waals surface area contributed by atoms with E-state index in [1.165, 1.54) is 0 Å². The van der Waals surface area contributed by atoms with Gasteiger partial charge in [-0.05, 0) is 20.8 Å². The predicted molar refractivity (Wildman–Crippen MR) is 70.5 cm³/mol. The van der Waals surface area contributed by atoms with E-state index in [1.54, 1.807) is 11.6 Å². The fraction of sp³-hybridized carbons (Fsp3) is 0.667. The first-order chi connectivity index (χ1) is 8.91. The van der Waals surface area contributed by atoms with Crippen molar-refractivity contribution in [2.75, 3.05) is 18.0 Å². The Kier molecular flexibility index (Phi) is 3.55. The van der Waals surface area contributed by atoms with E-state index in [0.29, 0.717) is 37.4 Å². The zero-order valence-electron chi connectivity index (χ0n) is 11.4. The molecule has 0 N–H and O–H groups in total. The summed E-state index contributed by atoms with van der Waals surface area (Å²) < 4.78 is 1.68. The minimum atomic E-state index is -0.382. The van der Waals surface area contributed by atoms with Crippen molar-refractivity contribution in [1.29, 1.82) is 0 Å². The summed E-state index contributed by atoms with van der Waals surface area (Å²) in [6.07, 6.45) is 0.888. The molecule has 0 saturated carbocycles. The molecule has 0 radical (unpaired) electrons. The van der Waals surface area contributed by atoms with Gasteiger partial charge in [0.2, 0.25) is 5.82 Å². The number of nitrogens with zero attached hydrogens (tertiary/aromatic N) is 4. The van der Waals surface area contributed by atoms with Crippen LogP contribution < -0.4 is 4.90 Å². The summed E-state index contributed by atoms with van der Waals surface area (Å²) in [6.45, 7) is 6.58. The van der Waals surface area contributed by atoms with Crippen LogP contribution in [0.25, 0.3) is 0 Å². The Bertz CT molecular complexity index is 511. The van der Waals surface area contributed by atoms with Crippen LogP contribution in [0.5, 0.6) is 0 Å². The number of rotatable bonds is 3. The van der Waals surface area contributed by atoms with Crippen LogP contribution in [0.3, 0.4) is 0 Å². The maximum Gasteiger partial charge on any atom is 0.333 e. The molecule has 0 aromatic carbocycles. The molecular weight excluding hydrogens is 248 g/mol. The van der Waals surface area contributed by atoms with Gasteiger partial charge in [0.05, 0.1) is 4.92 Å². The van der Waals surface area contributed by atoms with Crippen molar-refractivity contribution < 1.29 is 9.72 Å². The monoisotopic (exact) mass is 266 g/mol. The number of ketones is 1. The summed E-state index contributed by atoms with van der Waals surface area (Å²) >= 11 is 0. The number of aryl methyl sites for hydroxylation is 1. The molecule has 1 aromatic heterocycles. The molecule has 1 fully saturated rings. The molecule has 0 amide bonds. The van der Waals surface area contributed by atoms with Crippen LogP contribution in [0.15, 0.2) is 0 Å². The van der Waals surface area contributed by atoms with E-state index in [0.717, 1.165) is 0 Å². The molecule has 7 heteroatoms. The van der Waals surface area contributed by atoms with Gasteiger partial charge >= 0.3 is 5.69 Å². The average Bonchev–Trinajstić information content (AvgIpc) is 2.68. The summed E-state index contributed by atoms with van der Waals surface area (Å²) in [5.74, 6) is 0.747. The normalized spacial score (nSPS) is 16.2. The topological polar surface area (TPSA) is 81.3 Å². The zero-order valence-corrected chi connectivity index (χ0v) is 11.4. The summed E-state index contributed by atoms with van der Waals surface area (Å²) in [5.41, 5.74) is 0.480. The van der Waals surface area contributed by atoms with Gasteiger partial charge in [-0.2, -0.15) is 5.10 Å². The van der Waals surface area contributed by atoms with Gasteiger partial charge < -0.3 is 4.90 Å². The number of Topliss-reactive ketones (excluding diaryl/α,β-unsaturated/α-hetero) is 1. The summed E-state index contributed by atoms with van der Waals surface area (Å²) in [6, 6.07) is 0.0417. The highest BCUT2D eigenvalue weighted by Gasteiger charge is 2.32. The van der Waals surface area contributed by atoms with Crippen molar-refractivity contribution in [3.63, 3.8) is 0 Å². The van der Waals surface area contributed by atoms with Gasteiger partial charge in [-0.3, -0.25) is 14.9 Å². The molecule has 1 saturated heterocycles. The molecule has 1 aromatic rings. The van der Waals surface area contributed by atoms with Gasteiger partial charge in [-0.25, -0.2) is 4.68 Å². The van der Waals surface area contributed by atoms with Gasteiger partial charge in [0.25, 0.3) is 0 Å². The summed E-state index contributed by atoms with van der Waals surface area (Å²) in [4.78, 5) is 24.1. The Balaban J connectivity index is 2.46. The predicted octanol–water partition coefficient (Wildman–Crippen LogP) is 1.85. The maximum absolute atomic E-state index is 11.3. The third-order valence-corrected chi connectivity index (χ3v) is 3.32. The number of carbonyl (C=O) groups excluding carboxylic acids is 1. The molecule has 2 rings (SSSR count). The van der Waals surface area contributed by atoms with Crippen molar-refractivity contribution in [2.24, 2.45) is 0 Å². The molecule has 104 valence electrons. The maximum atomic E-state index is 11.3. The molecule has 7 nitrogen and oxygen atoms in total. The van der Waals surface area contributed by atoms with Crippen LogP contribution in [0.4, 0.5) is 11.5 Å².